The number of aromatic nitrogens is 2. The van der Waals surface area contributed by atoms with Crippen LogP contribution < -0.4 is 10.9 Å². The molecule has 2 heterocycles. The van der Waals surface area contributed by atoms with Crippen LogP contribution in [0.1, 0.15) is 45.6 Å². The number of para-hydroxylation sites is 2. The fourth-order valence-corrected chi connectivity index (χ4v) is 4.29. The molecular formula is C30H36F2N4O6. The summed E-state index contributed by atoms with van der Waals surface area (Å²) in [5.41, 5.74) is 2.00. The Morgan fingerprint density at radius 1 is 1.17 bits per heavy atom. The number of nitrogens with one attached hydrogen (secondary N) is 2. The Morgan fingerprint density at radius 2 is 1.88 bits per heavy atom. The van der Waals surface area contributed by atoms with E-state index in [0.717, 1.165) is 10.8 Å². The number of carbonyl (C=O) groups is 3. The lowest BCUT2D eigenvalue weighted by molar-refractivity contribution is -0.147. The van der Waals surface area contributed by atoms with Gasteiger partial charge in [0.15, 0.2) is 6.61 Å². The van der Waals surface area contributed by atoms with Crippen LogP contribution in [0.25, 0.3) is 22.3 Å². The van der Waals surface area contributed by atoms with Gasteiger partial charge < -0.3 is 25.0 Å². The molecule has 0 radical (unpaired) electrons. The first-order valence-corrected chi connectivity index (χ1v) is 13.8. The number of ether oxygens (including phenoxy) is 1. The minimum absolute atomic E-state index is 0.0542. The zero-order valence-corrected chi connectivity index (χ0v) is 23.9. The van der Waals surface area contributed by atoms with Crippen molar-refractivity contribution in [3.05, 3.63) is 64.4 Å². The highest BCUT2D eigenvalue weighted by atomic mass is 19.3. The predicted octanol–water partition coefficient (Wildman–Crippen LogP) is 4.62. The molecule has 12 heteroatoms. The molecule has 1 aliphatic rings. The first-order chi connectivity index (χ1) is 19.9. The Kier molecular flexibility index (Phi) is 11.1. The highest BCUT2D eigenvalue weighted by Crippen LogP contribution is 2.24. The number of hydrogen-bond acceptors (Lipinski definition) is 6. The monoisotopic (exact) mass is 586 g/mol. The van der Waals surface area contributed by atoms with Crippen molar-refractivity contribution in [3.8, 4) is 11.3 Å². The summed E-state index contributed by atoms with van der Waals surface area (Å²) >= 11 is 0. The molecule has 1 aliphatic heterocycles. The number of benzene rings is 2. The van der Waals surface area contributed by atoms with Gasteiger partial charge in [-0.25, -0.2) is 23.4 Å². The van der Waals surface area contributed by atoms with Gasteiger partial charge in [-0.2, -0.15) is 0 Å². The number of carbonyl (C=O) groups excluding carboxylic acids is 2. The average molecular weight is 587 g/mol. The number of aliphatic carboxylic acids is 1. The number of amides is 2. The summed E-state index contributed by atoms with van der Waals surface area (Å²) in [6, 6.07) is 12.7. The number of fused-ring (bicyclic) bond motifs is 1. The second-order valence-electron chi connectivity index (χ2n) is 10.7. The van der Waals surface area contributed by atoms with Crippen LogP contribution in [0.4, 0.5) is 13.6 Å². The maximum atomic E-state index is 14.4. The van der Waals surface area contributed by atoms with E-state index >= 15 is 0 Å². The molecule has 0 saturated carbocycles. The molecule has 1 fully saturated rings. The Morgan fingerprint density at radius 3 is 2.60 bits per heavy atom. The van der Waals surface area contributed by atoms with E-state index in [1.807, 2.05) is 0 Å². The lowest BCUT2D eigenvalue weighted by Crippen LogP contribution is -2.45. The van der Waals surface area contributed by atoms with Crippen LogP contribution >= 0.6 is 0 Å². The zero-order chi connectivity index (χ0) is 30.9. The number of H-pyrrole nitrogens is 1. The fourth-order valence-electron chi connectivity index (χ4n) is 4.29. The minimum atomic E-state index is -3.35. The number of carboxylic acids is 1. The van der Waals surface area contributed by atoms with Gasteiger partial charge in [-0.3, -0.25) is 9.59 Å². The maximum Gasteiger partial charge on any atom is 0.407 e. The number of nitrogens with zero attached hydrogens (tertiary/aromatic N) is 2. The third-order valence-corrected chi connectivity index (χ3v) is 6.24. The molecule has 2 amide bonds. The predicted molar refractivity (Wildman–Crippen MR) is 153 cm³/mol. The number of likely N-dealkylation sites (tertiary alicyclic amines) is 1. The van der Waals surface area contributed by atoms with Gasteiger partial charge in [0.05, 0.1) is 11.0 Å². The smallest absolute Gasteiger partial charge is 0.407 e. The van der Waals surface area contributed by atoms with Gasteiger partial charge in [0.1, 0.15) is 18.3 Å². The third-order valence-electron chi connectivity index (χ3n) is 6.24. The van der Waals surface area contributed by atoms with Crippen LogP contribution in [0.15, 0.2) is 53.3 Å². The van der Waals surface area contributed by atoms with Crippen LogP contribution in [0.3, 0.4) is 0 Å². The Balaban J connectivity index is 0.00000114. The van der Waals surface area contributed by atoms with Gasteiger partial charge in [-0.1, -0.05) is 51.1 Å². The van der Waals surface area contributed by atoms with E-state index in [1.165, 1.54) is 0 Å². The van der Waals surface area contributed by atoms with Crippen molar-refractivity contribution in [2.75, 3.05) is 19.7 Å². The molecule has 226 valence electrons. The standard InChI is InChI=1S/C26H26F2N4O6.C4H10/c27-26(28,15-38-25(37)29-14-21(33)32-12-4-9-20(32)24(35)36)11-10-16-5-3-6-17(13-16)22-23(34)31-19-8-2-1-7-18(19)30-22;1-4(2)3/h1-3,5-8,13,20H,4,9-12,14-15H2,(H,29,37)(H,31,34)(H,35,36);4H,1-3H3. The number of alkyl carbamates (subject to hydrolysis) is 1. The highest BCUT2D eigenvalue weighted by molar-refractivity contribution is 5.87. The Hall–Kier alpha value is -4.35. The van der Waals surface area contributed by atoms with Crippen molar-refractivity contribution < 1.29 is 33.0 Å². The van der Waals surface area contributed by atoms with Crippen LogP contribution in [0, 0.1) is 5.92 Å². The van der Waals surface area contributed by atoms with E-state index in [0.29, 0.717) is 35.0 Å². The van der Waals surface area contributed by atoms with E-state index in [-0.39, 0.29) is 18.7 Å². The van der Waals surface area contributed by atoms with Gasteiger partial charge in [0.25, 0.3) is 11.5 Å². The summed E-state index contributed by atoms with van der Waals surface area (Å²) in [6.45, 7) is 5.00. The van der Waals surface area contributed by atoms with E-state index < -0.39 is 55.1 Å². The topological polar surface area (TPSA) is 142 Å². The number of aromatic amines is 1. The first-order valence-electron chi connectivity index (χ1n) is 13.8. The SMILES string of the molecule is CC(C)C.O=C(NCC(=O)N1CCCC1C(=O)O)OCC(F)(F)CCc1cccc(-c2nc3ccccc3[nH]c2=O)c1. The molecule has 0 aliphatic carbocycles. The number of rotatable bonds is 9. The van der Waals surface area contributed by atoms with Crippen LogP contribution in [-0.4, -0.2) is 69.6 Å². The summed E-state index contributed by atoms with van der Waals surface area (Å²) in [5.74, 6) is -4.28. The van der Waals surface area contributed by atoms with E-state index in [9.17, 15) is 28.0 Å². The largest absolute Gasteiger partial charge is 0.480 e. The van der Waals surface area contributed by atoms with Crippen molar-refractivity contribution in [1.82, 2.24) is 20.2 Å². The summed E-state index contributed by atoms with van der Waals surface area (Å²) in [4.78, 5) is 55.9. The summed E-state index contributed by atoms with van der Waals surface area (Å²) in [6.07, 6.45) is -1.04. The fraction of sp³-hybridized carbons (Fsp3) is 0.433. The average Bonchev–Trinajstić information content (AvgIpc) is 3.44. The molecule has 1 unspecified atom stereocenters. The molecule has 1 saturated heterocycles. The number of aryl methyl sites for hydroxylation is 1. The molecule has 2 aromatic carbocycles. The highest BCUT2D eigenvalue weighted by Gasteiger charge is 2.34. The lowest BCUT2D eigenvalue weighted by Gasteiger charge is -2.21. The lowest BCUT2D eigenvalue weighted by atomic mass is 10.0. The van der Waals surface area contributed by atoms with Crippen molar-refractivity contribution >= 4 is 29.0 Å². The molecule has 4 rings (SSSR count). The molecule has 3 N–H and O–H groups in total. The molecule has 0 bridgehead atoms. The van der Waals surface area contributed by atoms with Gasteiger partial charge in [-0.05, 0) is 48.9 Å². The quantitative estimate of drug-likeness (QED) is 0.332. The minimum Gasteiger partial charge on any atom is -0.480 e. The van der Waals surface area contributed by atoms with Gasteiger partial charge in [-0.15, -0.1) is 0 Å². The molecule has 10 nitrogen and oxygen atoms in total. The molecule has 1 aromatic heterocycles. The normalized spacial score (nSPS) is 14.8. The second kappa shape index (κ2) is 14.5. The zero-order valence-electron chi connectivity index (χ0n) is 23.9. The summed E-state index contributed by atoms with van der Waals surface area (Å²) in [5, 5.41) is 11.2. The molecule has 0 spiro atoms. The molecule has 42 heavy (non-hydrogen) atoms. The third kappa shape index (κ3) is 9.35. The van der Waals surface area contributed by atoms with Crippen molar-refractivity contribution in [1.29, 1.82) is 0 Å². The van der Waals surface area contributed by atoms with E-state index in [1.54, 1.807) is 48.5 Å². The molecule has 1 atom stereocenters. The summed E-state index contributed by atoms with van der Waals surface area (Å²) < 4.78 is 33.4. The van der Waals surface area contributed by atoms with Gasteiger partial charge in [0.2, 0.25) is 5.91 Å². The number of halogens is 2. The van der Waals surface area contributed by atoms with Crippen molar-refractivity contribution in [2.24, 2.45) is 5.92 Å². The Bertz CT molecular complexity index is 1460. The Labute approximate surface area is 242 Å². The van der Waals surface area contributed by atoms with Gasteiger partial charge >= 0.3 is 12.1 Å². The molecular weight excluding hydrogens is 550 g/mol. The van der Waals surface area contributed by atoms with Crippen LogP contribution in [-0.2, 0) is 20.7 Å². The maximum absolute atomic E-state index is 14.4. The van der Waals surface area contributed by atoms with Crippen LogP contribution in [0.5, 0.6) is 0 Å². The number of hydrogen-bond donors (Lipinski definition) is 3. The van der Waals surface area contributed by atoms with Crippen LogP contribution in [0.2, 0.25) is 0 Å². The van der Waals surface area contributed by atoms with Crippen molar-refractivity contribution in [2.45, 2.75) is 58.4 Å². The second-order valence-corrected chi connectivity index (χ2v) is 10.7. The summed E-state index contributed by atoms with van der Waals surface area (Å²) in [7, 11) is 0. The van der Waals surface area contributed by atoms with Gasteiger partial charge in [0, 0.05) is 18.5 Å². The van der Waals surface area contributed by atoms with E-state index in [2.05, 4.69) is 40.8 Å². The first kappa shape index (κ1) is 32.2. The number of alkyl halides is 2. The van der Waals surface area contributed by atoms with E-state index in [4.69, 9.17) is 5.11 Å². The van der Waals surface area contributed by atoms with Crippen molar-refractivity contribution in [3.63, 3.8) is 0 Å². The number of carboxylic acid groups (broad SMARTS) is 1. The molecule has 3 aromatic rings.